The molecule has 2 aromatic carbocycles. The minimum Gasteiger partial charge on any atom is -0.399 e. The normalized spacial score (nSPS) is 10.1. The average Bonchev–Trinajstić information content (AvgIpc) is 2.25. The molecule has 0 spiro atoms. The molecule has 0 heterocycles. The number of nitrogen functional groups attached to an aromatic ring is 1. The number of nitrogens with two attached hydrogens (primary N) is 1. The summed E-state index contributed by atoms with van der Waals surface area (Å²) in [5, 5.41) is 3.20. The van der Waals surface area contributed by atoms with Crippen molar-refractivity contribution in [3.63, 3.8) is 0 Å². The van der Waals surface area contributed by atoms with Gasteiger partial charge in [0.2, 0.25) is 0 Å². The Morgan fingerprint density at radius 2 is 1.75 bits per heavy atom. The van der Waals surface area contributed by atoms with E-state index in [9.17, 15) is 4.39 Å². The first-order valence-corrected chi connectivity index (χ1v) is 5.04. The van der Waals surface area contributed by atoms with Crippen molar-refractivity contribution in [3.8, 4) is 0 Å². The van der Waals surface area contributed by atoms with Gasteiger partial charge in [0.25, 0.3) is 0 Å². The number of anilines is 3. The lowest BCUT2D eigenvalue weighted by atomic mass is 10.2. The van der Waals surface area contributed by atoms with Crippen molar-refractivity contribution in [2.45, 2.75) is 6.92 Å². The highest BCUT2D eigenvalue weighted by atomic mass is 19.1. The molecule has 0 aliphatic rings. The first-order chi connectivity index (χ1) is 7.65. The molecule has 0 atom stereocenters. The van der Waals surface area contributed by atoms with Crippen LogP contribution >= 0.6 is 0 Å². The molecule has 2 nitrogen and oxygen atoms in total. The summed E-state index contributed by atoms with van der Waals surface area (Å²) in [6, 6.07) is 12.1. The van der Waals surface area contributed by atoms with Crippen LogP contribution in [-0.4, -0.2) is 0 Å². The predicted octanol–water partition coefficient (Wildman–Crippen LogP) is 3.46. The van der Waals surface area contributed by atoms with E-state index in [0.717, 1.165) is 22.6 Å². The monoisotopic (exact) mass is 216 g/mol. The fourth-order valence-corrected chi connectivity index (χ4v) is 1.49. The molecule has 3 heteroatoms. The molecule has 16 heavy (non-hydrogen) atoms. The van der Waals surface area contributed by atoms with Gasteiger partial charge in [-0.3, -0.25) is 0 Å². The standard InChI is InChI=1S/C13H13FN2/c1-9-8-10(14)2-7-13(9)16-12-5-3-11(15)4-6-12/h2-8,16H,15H2,1H3. The van der Waals surface area contributed by atoms with Gasteiger partial charge in [-0.1, -0.05) is 0 Å². The maximum atomic E-state index is 12.9. The highest BCUT2D eigenvalue weighted by Gasteiger charge is 2.00. The molecule has 0 amide bonds. The largest absolute Gasteiger partial charge is 0.399 e. The molecule has 0 aromatic heterocycles. The van der Waals surface area contributed by atoms with Gasteiger partial charge in [0.1, 0.15) is 5.82 Å². The summed E-state index contributed by atoms with van der Waals surface area (Å²) in [5.41, 5.74) is 9.02. The summed E-state index contributed by atoms with van der Waals surface area (Å²) in [6.45, 7) is 1.86. The van der Waals surface area contributed by atoms with E-state index in [4.69, 9.17) is 5.73 Å². The van der Waals surface area contributed by atoms with Gasteiger partial charge in [0.05, 0.1) is 0 Å². The van der Waals surface area contributed by atoms with E-state index in [2.05, 4.69) is 5.32 Å². The molecule has 3 N–H and O–H groups in total. The summed E-state index contributed by atoms with van der Waals surface area (Å²) in [6.07, 6.45) is 0. The van der Waals surface area contributed by atoms with Crippen LogP contribution in [0.2, 0.25) is 0 Å². The number of rotatable bonds is 2. The molecule has 0 bridgehead atoms. The van der Waals surface area contributed by atoms with Crippen molar-refractivity contribution >= 4 is 17.1 Å². The SMILES string of the molecule is Cc1cc(F)ccc1Nc1ccc(N)cc1. The van der Waals surface area contributed by atoms with Crippen molar-refractivity contribution < 1.29 is 4.39 Å². The van der Waals surface area contributed by atoms with Crippen molar-refractivity contribution in [2.24, 2.45) is 0 Å². The van der Waals surface area contributed by atoms with Crippen LogP contribution in [0, 0.1) is 12.7 Å². The van der Waals surface area contributed by atoms with Crippen LogP contribution in [0.15, 0.2) is 42.5 Å². The Hall–Kier alpha value is -2.03. The molecule has 0 saturated carbocycles. The second kappa shape index (κ2) is 4.23. The lowest BCUT2D eigenvalue weighted by molar-refractivity contribution is 0.627. The number of nitrogens with one attached hydrogen (secondary N) is 1. The summed E-state index contributed by atoms with van der Waals surface area (Å²) in [5.74, 6) is -0.222. The average molecular weight is 216 g/mol. The Kier molecular flexibility index (Phi) is 2.77. The number of hydrogen-bond acceptors (Lipinski definition) is 2. The topological polar surface area (TPSA) is 38.0 Å². The molecule has 0 radical (unpaired) electrons. The molecule has 0 fully saturated rings. The lowest BCUT2D eigenvalue weighted by Gasteiger charge is -2.09. The first-order valence-electron chi connectivity index (χ1n) is 5.04. The van der Waals surface area contributed by atoms with Gasteiger partial charge in [-0.2, -0.15) is 0 Å². The zero-order valence-electron chi connectivity index (χ0n) is 9.00. The molecule has 2 aromatic rings. The number of benzene rings is 2. The third-order valence-electron chi connectivity index (χ3n) is 2.38. The molecule has 0 unspecified atom stereocenters. The molecular weight excluding hydrogens is 203 g/mol. The maximum Gasteiger partial charge on any atom is 0.123 e. The van der Waals surface area contributed by atoms with E-state index in [0.29, 0.717) is 0 Å². The Morgan fingerprint density at radius 1 is 1.06 bits per heavy atom. The fourth-order valence-electron chi connectivity index (χ4n) is 1.49. The molecule has 82 valence electrons. The molecule has 0 aliphatic carbocycles. The third-order valence-corrected chi connectivity index (χ3v) is 2.38. The van der Waals surface area contributed by atoms with E-state index >= 15 is 0 Å². The van der Waals surface area contributed by atoms with E-state index in [-0.39, 0.29) is 5.82 Å². The highest BCUT2D eigenvalue weighted by Crippen LogP contribution is 2.21. The molecule has 2 rings (SSSR count). The quantitative estimate of drug-likeness (QED) is 0.754. The summed E-state index contributed by atoms with van der Waals surface area (Å²) in [7, 11) is 0. The van der Waals surface area contributed by atoms with Gasteiger partial charge in [0.15, 0.2) is 0 Å². The van der Waals surface area contributed by atoms with Crippen LogP contribution in [0.25, 0.3) is 0 Å². The van der Waals surface area contributed by atoms with Crippen LogP contribution in [-0.2, 0) is 0 Å². The van der Waals surface area contributed by atoms with Gasteiger partial charge in [-0.05, 0) is 55.0 Å². The van der Waals surface area contributed by atoms with Gasteiger partial charge in [-0.15, -0.1) is 0 Å². The Morgan fingerprint density at radius 3 is 2.38 bits per heavy atom. The second-order valence-corrected chi connectivity index (χ2v) is 3.71. The first kappa shape index (κ1) is 10.5. The van der Waals surface area contributed by atoms with Crippen molar-refractivity contribution in [3.05, 3.63) is 53.8 Å². The zero-order chi connectivity index (χ0) is 11.5. The minimum atomic E-state index is -0.222. The highest BCUT2D eigenvalue weighted by molar-refractivity contribution is 5.64. The van der Waals surface area contributed by atoms with E-state index in [1.807, 2.05) is 31.2 Å². The van der Waals surface area contributed by atoms with E-state index in [1.165, 1.54) is 12.1 Å². The summed E-state index contributed by atoms with van der Waals surface area (Å²) < 4.78 is 12.9. The number of hydrogen-bond donors (Lipinski definition) is 2. The molecular formula is C13H13FN2. The smallest absolute Gasteiger partial charge is 0.123 e. The molecule has 0 aliphatic heterocycles. The second-order valence-electron chi connectivity index (χ2n) is 3.71. The van der Waals surface area contributed by atoms with Crippen molar-refractivity contribution in [2.75, 3.05) is 11.1 Å². The fraction of sp³-hybridized carbons (Fsp3) is 0.0769. The van der Waals surface area contributed by atoms with Crippen molar-refractivity contribution in [1.29, 1.82) is 0 Å². The van der Waals surface area contributed by atoms with Crippen LogP contribution in [0.3, 0.4) is 0 Å². The van der Waals surface area contributed by atoms with Crippen LogP contribution < -0.4 is 11.1 Å². The van der Waals surface area contributed by atoms with Crippen LogP contribution in [0.1, 0.15) is 5.56 Å². The Balaban J connectivity index is 2.23. The van der Waals surface area contributed by atoms with Gasteiger partial charge >= 0.3 is 0 Å². The van der Waals surface area contributed by atoms with E-state index in [1.54, 1.807) is 6.07 Å². The van der Waals surface area contributed by atoms with Crippen LogP contribution in [0.5, 0.6) is 0 Å². The van der Waals surface area contributed by atoms with E-state index < -0.39 is 0 Å². The van der Waals surface area contributed by atoms with Gasteiger partial charge in [-0.25, -0.2) is 4.39 Å². The number of halogens is 1. The summed E-state index contributed by atoms with van der Waals surface area (Å²) in [4.78, 5) is 0. The Bertz CT molecular complexity index is 492. The van der Waals surface area contributed by atoms with Crippen molar-refractivity contribution in [1.82, 2.24) is 0 Å². The summed E-state index contributed by atoms with van der Waals surface area (Å²) >= 11 is 0. The number of aryl methyl sites for hydroxylation is 1. The molecule has 0 saturated heterocycles. The predicted molar refractivity (Wildman–Crippen MR) is 65.3 cm³/mol. The zero-order valence-corrected chi connectivity index (χ0v) is 9.00. The third kappa shape index (κ3) is 2.31. The van der Waals surface area contributed by atoms with Crippen LogP contribution in [0.4, 0.5) is 21.5 Å². The lowest BCUT2D eigenvalue weighted by Crippen LogP contribution is -1.94. The Labute approximate surface area is 93.9 Å². The minimum absolute atomic E-state index is 0.222. The maximum absolute atomic E-state index is 12.9. The van der Waals surface area contributed by atoms with Gasteiger partial charge < -0.3 is 11.1 Å². The van der Waals surface area contributed by atoms with Gasteiger partial charge in [0, 0.05) is 17.1 Å².